The molecule has 1 N–H and O–H groups in total. The van der Waals surface area contributed by atoms with E-state index in [0.717, 1.165) is 22.5 Å². The summed E-state index contributed by atoms with van der Waals surface area (Å²) in [5.41, 5.74) is 3.37. The number of aryl methyl sites for hydroxylation is 1. The predicted molar refractivity (Wildman–Crippen MR) is 108 cm³/mol. The van der Waals surface area contributed by atoms with E-state index in [1.165, 1.54) is 0 Å². The lowest BCUT2D eigenvalue weighted by Gasteiger charge is -2.25. The summed E-state index contributed by atoms with van der Waals surface area (Å²) in [6.07, 6.45) is 0. The molecule has 0 unspecified atom stereocenters. The van der Waals surface area contributed by atoms with Crippen LogP contribution in [0.3, 0.4) is 0 Å². The van der Waals surface area contributed by atoms with Crippen molar-refractivity contribution in [1.29, 1.82) is 0 Å². The zero-order valence-corrected chi connectivity index (χ0v) is 16.4. The van der Waals surface area contributed by atoms with Gasteiger partial charge in [-0.1, -0.05) is 50.6 Å². The van der Waals surface area contributed by atoms with Gasteiger partial charge in [0.25, 0.3) is 0 Å². The second-order valence-corrected chi connectivity index (χ2v) is 8.66. The summed E-state index contributed by atoms with van der Waals surface area (Å²) in [6.45, 7) is 7.69. The molecule has 26 heavy (non-hydrogen) atoms. The normalized spacial score (nSPS) is 17.5. The summed E-state index contributed by atoms with van der Waals surface area (Å²) in [4.78, 5) is 26.6. The Bertz CT molecular complexity index is 825. The number of anilines is 2. The smallest absolute Gasteiger partial charge is 0.238 e. The number of benzene rings is 2. The fourth-order valence-electron chi connectivity index (χ4n) is 2.74. The fraction of sp³-hybridized carbons (Fsp3) is 0.333. The number of nitrogens with one attached hydrogen (secondary N) is 1. The van der Waals surface area contributed by atoms with Crippen molar-refractivity contribution in [2.24, 2.45) is 5.41 Å². The van der Waals surface area contributed by atoms with Crippen LogP contribution in [0.4, 0.5) is 11.4 Å². The van der Waals surface area contributed by atoms with Crippen molar-refractivity contribution < 1.29 is 9.59 Å². The van der Waals surface area contributed by atoms with Gasteiger partial charge in [-0.05, 0) is 36.8 Å². The van der Waals surface area contributed by atoms with Crippen LogP contribution < -0.4 is 10.2 Å². The van der Waals surface area contributed by atoms with Crippen LogP contribution in [0.25, 0.3) is 0 Å². The standard InChI is InChI=1S/C21H24N2O2S/c1-14-8-10-17(11-9-14)23-18(24)13-26-19(23)15-6-5-7-16(12-15)22-20(25)21(2,3)4/h5-12,19H,13H2,1-4H3,(H,22,25)/t19-/m1/s1. The predicted octanol–water partition coefficient (Wildman–Crippen LogP) is 4.76. The van der Waals surface area contributed by atoms with E-state index in [9.17, 15) is 9.59 Å². The van der Waals surface area contributed by atoms with E-state index >= 15 is 0 Å². The fourth-order valence-corrected chi connectivity index (χ4v) is 3.91. The second-order valence-electron chi connectivity index (χ2n) is 7.59. The lowest BCUT2D eigenvalue weighted by atomic mass is 9.95. The Morgan fingerprint density at radius 2 is 1.85 bits per heavy atom. The first kappa shape index (κ1) is 18.5. The van der Waals surface area contributed by atoms with Gasteiger partial charge in [-0.15, -0.1) is 11.8 Å². The number of nitrogens with zero attached hydrogens (tertiary/aromatic N) is 1. The largest absolute Gasteiger partial charge is 0.326 e. The van der Waals surface area contributed by atoms with E-state index in [-0.39, 0.29) is 17.2 Å². The number of carbonyl (C=O) groups excluding carboxylic acids is 2. The monoisotopic (exact) mass is 368 g/mol. The molecule has 0 bridgehead atoms. The Kier molecular flexibility index (Phi) is 5.10. The molecular weight excluding hydrogens is 344 g/mol. The Labute approximate surface area is 159 Å². The molecule has 0 aliphatic carbocycles. The maximum atomic E-state index is 12.5. The summed E-state index contributed by atoms with van der Waals surface area (Å²) in [5.74, 6) is 0.532. The lowest BCUT2D eigenvalue weighted by molar-refractivity contribution is -0.123. The number of hydrogen-bond donors (Lipinski definition) is 1. The number of hydrogen-bond acceptors (Lipinski definition) is 3. The van der Waals surface area contributed by atoms with Gasteiger partial charge in [-0.3, -0.25) is 14.5 Å². The van der Waals surface area contributed by atoms with E-state index in [1.807, 2.05) is 81.1 Å². The van der Waals surface area contributed by atoms with Gasteiger partial charge >= 0.3 is 0 Å². The van der Waals surface area contributed by atoms with Crippen molar-refractivity contribution in [3.8, 4) is 0 Å². The van der Waals surface area contributed by atoms with Gasteiger partial charge in [0, 0.05) is 16.8 Å². The maximum Gasteiger partial charge on any atom is 0.238 e. The highest BCUT2D eigenvalue weighted by molar-refractivity contribution is 8.00. The molecule has 1 aliphatic heterocycles. The zero-order chi connectivity index (χ0) is 18.9. The van der Waals surface area contributed by atoms with Crippen molar-refractivity contribution >= 4 is 35.0 Å². The van der Waals surface area contributed by atoms with Gasteiger partial charge in [-0.25, -0.2) is 0 Å². The molecule has 1 saturated heterocycles. The molecule has 0 saturated carbocycles. The summed E-state index contributed by atoms with van der Waals surface area (Å²) in [7, 11) is 0. The minimum absolute atomic E-state index is 0.0276. The SMILES string of the molecule is Cc1ccc(N2C(=O)CS[C@@H]2c2cccc(NC(=O)C(C)(C)C)c2)cc1. The number of thioether (sulfide) groups is 1. The number of amides is 2. The third-order valence-electron chi connectivity index (χ3n) is 4.29. The third kappa shape index (κ3) is 3.93. The summed E-state index contributed by atoms with van der Waals surface area (Å²) < 4.78 is 0. The van der Waals surface area contributed by atoms with E-state index in [4.69, 9.17) is 0 Å². The van der Waals surface area contributed by atoms with Crippen LogP contribution in [0, 0.1) is 12.3 Å². The molecule has 2 amide bonds. The minimum atomic E-state index is -0.456. The Morgan fingerprint density at radius 3 is 2.50 bits per heavy atom. The van der Waals surface area contributed by atoms with Gasteiger partial charge in [0.15, 0.2) is 0 Å². The van der Waals surface area contributed by atoms with Crippen LogP contribution in [0.2, 0.25) is 0 Å². The quantitative estimate of drug-likeness (QED) is 0.850. The van der Waals surface area contributed by atoms with Gasteiger partial charge < -0.3 is 5.32 Å². The zero-order valence-electron chi connectivity index (χ0n) is 15.6. The average Bonchev–Trinajstić information content (AvgIpc) is 2.97. The molecular formula is C21H24N2O2S. The van der Waals surface area contributed by atoms with Crippen molar-refractivity contribution in [1.82, 2.24) is 0 Å². The molecule has 1 atom stereocenters. The molecule has 1 heterocycles. The van der Waals surface area contributed by atoms with Crippen LogP contribution in [-0.4, -0.2) is 17.6 Å². The van der Waals surface area contributed by atoms with Gasteiger partial charge in [-0.2, -0.15) is 0 Å². The Morgan fingerprint density at radius 1 is 1.15 bits per heavy atom. The van der Waals surface area contributed by atoms with Crippen molar-refractivity contribution in [3.05, 3.63) is 59.7 Å². The van der Waals surface area contributed by atoms with Crippen LogP contribution in [-0.2, 0) is 9.59 Å². The molecule has 5 heteroatoms. The van der Waals surface area contributed by atoms with Crippen LogP contribution in [0.15, 0.2) is 48.5 Å². The molecule has 4 nitrogen and oxygen atoms in total. The summed E-state index contributed by atoms with van der Waals surface area (Å²) >= 11 is 1.61. The Balaban J connectivity index is 1.88. The topological polar surface area (TPSA) is 49.4 Å². The number of rotatable bonds is 3. The third-order valence-corrected chi connectivity index (χ3v) is 5.50. The van der Waals surface area contributed by atoms with Crippen molar-refractivity contribution in [3.63, 3.8) is 0 Å². The van der Waals surface area contributed by atoms with Crippen LogP contribution >= 0.6 is 11.8 Å². The highest BCUT2D eigenvalue weighted by Crippen LogP contribution is 2.42. The van der Waals surface area contributed by atoms with Crippen molar-refractivity contribution in [2.75, 3.05) is 16.0 Å². The number of carbonyl (C=O) groups is 2. The first-order valence-corrected chi connectivity index (χ1v) is 9.72. The van der Waals surface area contributed by atoms with E-state index < -0.39 is 5.41 Å². The molecule has 1 fully saturated rings. The van der Waals surface area contributed by atoms with Crippen LogP contribution in [0.5, 0.6) is 0 Å². The van der Waals surface area contributed by atoms with Crippen molar-refractivity contribution in [2.45, 2.75) is 33.1 Å². The average molecular weight is 369 g/mol. The van der Waals surface area contributed by atoms with Crippen LogP contribution in [0.1, 0.15) is 37.3 Å². The van der Waals surface area contributed by atoms with E-state index in [0.29, 0.717) is 5.75 Å². The molecule has 0 spiro atoms. The highest BCUT2D eigenvalue weighted by atomic mass is 32.2. The molecule has 2 aromatic rings. The first-order valence-electron chi connectivity index (χ1n) is 8.67. The van der Waals surface area contributed by atoms with Gasteiger partial charge in [0.05, 0.1) is 5.75 Å². The second kappa shape index (κ2) is 7.16. The molecule has 3 rings (SSSR count). The molecule has 0 radical (unpaired) electrons. The molecule has 2 aromatic carbocycles. The molecule has 136 valence electrons. The minimum Gasteiger partial charge on any atom is -0.326 e. The Hall–Kier alpha value is -2.27. The van der Waals surface area contributed by atoms with E-state index in [2.05, 4.69) is 5.32 Å². The summed E-state index contributed by atoms with van der Waals surface area (Å²) in [5, 5.41) is 2.88. The lowest BCUT2D eigenvalue weighted by Crippen LogP contribution is -2.28. The molecule has 1 aliphatic rings. The van der Waals surface area contributed by atoms with Gasteiger partial charge in [0.2, 0.25) is 11.8 Å². The highest BCUT2D eigenvalue weighted by Gasteiger charge is 2.34. The summed E-state index contributed by atoms with van der Waals surface area (Å²) in [6, 6.07) is 15.8. The van der Waals surface area contributed by atoms with Gasteiger partial charge in [0.1, 0.15) is 5.37 Å². The first-order chi connectivity index (χ1) is 12.3. The maximum absolute atomic E-state index is 12.5. The van der Waals surface area contributed by atoms with E-state index in [1.54, 1.807) is 11.8 Å². The molecule has 0 aromatic heterocycles.